The Morgan fingerprint density at radius 2 is 1.79 bits per heavy atom. The molecule has 0 fully saturated rings. The van der Waals surface area contributed by atoms with Crippen LogP contribution in [0, 0.1) is 6.92 Å². The molecule has 3 aromatic rings. The van der Waals surface area contributed by atoms with Crippen LogP contribution in [0.5, 0.6) is 5.75 Å². The molecule has 0 saturated heterocycles. The Hall–Kier alpha value is -2.52. The van der Waals surface area contributed by atoms with Crippen LogP contribution in [0.15, 0.2) is 57.8 Å². The van der Waals surface area contributed by atoms with E-state index in [0.29, 0.717) is 33.8 Å². The average molecular weight is 511 g/mol. The zero-order chi connectivity index (χ0) is 24.9. The number of hydrogen-bond acceptors (Lipinski definition) is 5. The van der Waals surface area contributed by atoms with Crippen LogP contribution in [0.25, 0.3) is 11.3 Å². The molecule has 0 saturated carbocycles. The highest BCUT2D eigenvalue weighted by Crippen LogP contribution is 2.36. The number of hydrogen-bond donors (Lipinski definition) is 1. The lowest BCUT2D eigenvalue weighted by Gasteiger charge is -2.09. The first-order valence-corrected chi connectivity index (χ1v) is 12.5. The molecule has 0 bridgehead atoms. The van der Waals surface area contributed by atoms with Crippen molar-refractivity contribution in [1.82, 2.24) is 0 Å². The van der Waals surface area contributed by atoms with E-state index in [1.807, 2.05) is 25.1 Å². The summed E-state index contributed by atoms with van der Waals surface area (Å²) in [4.78, 5) is 11.7. The molecule has 0 amide bonds. The third-order valence-corrected chi connectivity index (χ3v) is 6.97. The molecule has 182 valence electrons. The predicted molar refractivity (Wildman–Crippen MR) is 129 cm³/mol. The van der Waals surface area contributed by atoms with E-state index in [-0.39, 0.29) is 0 Å². The number of benzene rings is 2. The third-order valence-electron chi connectivity index (χ3n) is 4.83. The number of ether oxygens (including phenoxy) is 1. The van der Waals surface area contributed by atoms with Crippen molar-refractivity contribution in [3.05, 3.63) is 71.0 Å². The van der Waals surface area contributed by atoms with E-state index < -0.39 is 24.3 Å². The number of alkyl halides is 3. The highest BCUT2D eigenvalue weighted by Gasteiger charge is 2.30. The molecular formula is C25H25F3O4S2. The first kappa shape index (κ1) is 26.1. The quantitative estimate of drug-likeness (QED) is 0.282. The molecule has 3 rings (SSSR count). The van der Waals surface area contributed by atoms with Gasteiger partial charge in [0.15, 0.2) is 6.61 Å². The molecule has 34 heavy (non-hydrogen) atoms. The summed E-state index contributed by atoms with van der Waals surface area (Å²) < 4.78 is 50.0. The molecule has 0 spiro atoms. The van der Waals surface area contributed by atoms with Crippen molar-refractivity contribution in [2.24, 2.45) is 0 Å². The lowest BCUT2D eigenvalue weighted by molar-refractivity contribution is -0.139. The van der Waals surface area contributed by atoms with Gasteiger partial charge < -0.3 is 14.3 Å². The number of aryl methyl sites for hydroxylation is 1. The fourth-order valence-corrected chi connectivity index (χ4v) is 4.81. The third kappa shape index (κ3) is 7.24. The van der Waals surface area contributed by atoms with Crippen LogP contribution in [0.3, 0.4) is 0 Å². The van der Waals surface area contributed by atoms with Crippen LogP contribution < -0.4 is 4.74 Å². The van der Waals surface area contributed by atoms with Gasteiger partial charge in [0, 0.05) is 21.8 Å². The second-order valence-electron chi connectivity index (χ2n) is 7.89. The number of aliphatic carboxylic acids is 1. The van der Waals surface area contributed by atoms with Gasteiger partial charge in [0.2, 0.25) is 0 Å². The van der Waals surface area contributed by atoms with Crippen LogP contribution in [0.4, 0.5) is 13.2 Å². The average Bonchev–Trinajstić information content (AvgIpc) is 3.18. The van der Waals surface area contributed by atoms with Crippen molar-refractivity contribution in [2.45, 2.75) is 48.6 Å². The maximum Gasteiger partial charge on any atom is 0.416 e. The van der Waals surface area contributed by atoms with Crippen LogP contribution in [0.1, 0.15) is 36.3 Å². The maximum absolute atomic E-state index is 12.9. The van der Waals surface area contributed by atoms with Gasteiger partial charge in [-0.15, -0.1) is 11.8 Å². The summed E-state index contributed by atoms with van der Waals surface area (Å²) in [6.07, 6.45) is -4.38. The maximum atomic E-state index is 12.9. The van der Waals surface area contributed by atoms with Crippen molar-refractivity contribution in [3.8, 4) is 17.1 Å². The van der Waals surface area contributed by atoms with E-state index in [4.69, 9.17) is 14.3 Å². The first-order valence-electron chi connectivity index (χ1n) is 10.5. The van der Waals surface area contributed by atoms with E-state index in [9.17, 15) is 18.0 Å². The van der Waals surface area contributed by atoms with Gasteiger partial charge in [0.05, 0.1) is 11.3 Å². The summed E-state index contributed by atoms with van der Waals surface area (Å²) in [5, 5.41) is 9.18. The van der Waals surface area contributed by atoms with E-state index in [1.54, 1.807) is 29.6 Å². The Labute approximate surface area is 204 Å². The van der Waals surface area contributed by atoms with Gasteiger partial charge in [-0.05, 0) is 54.1 Å². The predicted octanol–water partition coefficient (Wildman–Crippen LogP) is 7.67. The topological polar surface area (TPSA) is 59.7 Å². The van der Waals surface area contributed by atoms with Gasteiger partial charge in [-0.2, -0.15) is 24.9 Å². The summed E-state index contributed by atoms with van der Waals surface area (Å²) >= 11 is 3.32. The molecule has 0 atom stereocenters. The van der Waals surface area contributed by atoms with Crippen molar-refractivity contribution >= 4 is 29.5 Å². The summed E-state index contributed by atoms with van der Waals surface area (Å²) in [5.74, 6) is 2.11. The Morgan fingerprint density at radius 1 is 1.09 bits per heavy atom. The Kier molecular flexibility index (Phi) is 8.65. The number of carbonyl (C=O) groups is 1. The zero-order valence-corrected chi connectivity index (χ0v) is 20.6. The van der Waals surface area contributed by atoms with Gasteiger partial charge in [-0.1, -0.05) is 26.0 Å². The minimum absolute atomic E-state index is 0.397. The van der Waals surface area contributed by atoms with Crippen LogP contribution in [-0.2, 0) is 22.5 Å². The van der Waals surface area contributed by atoms with Crippen LogP contribution in [0.2, 0.25) is 0 Å². The fraction of sp³-hybridized carbons (Fsp3) is 0.320. The monoisotopic (exact) mass is 510 g/mol. The summed E-state index contributed by atoms with van der Waals surface area (Å²) in [6.45, 7) is 5.64. The largest absolute Gasteiger partial charge is 0.482 e. The SMILES string of the molecule is Cc1cc(SCc2cc(-c3ccc(C(F)(F)F)cc3)oc2CSC(C)C)ccc1OCC(=O)O. The molecule has 4 nitrogen and oxygen atoms in total. The van der Waals surface area contributed by atoms with Gasteiger partial charge in [-0.25, -0.2) is 4.79 Å². The van der Waals surface area contributed by atoms with Gasteiger partial charge in [-0.3, -0.25) is 0 Å². The first-order chi connectivity index (χ1) is 16.0. The van der Waals surface area contributed by atoms with Crippen molar-refractivity contribution in [3.63, 3.8) is 0 Å². The number of carboxylic acids is 1. The van der Waals surface area contributed by atoms with Gasteiger partial charge in [0.1, 0.15) is 17.3 Å². The Morgan fingerprint density at radius 3 is 2.38 bits per heavy atom. The highest BCUT2D eigenvalue weighted by atomic mass is 32.2. The molecule has 9 heteroatoms. The number of furan rings is 1. The second-order valence-corrected chi connectivity index (χ2v) is 10.5. The van der Waals surface area contributed by atoms with Crippen LogP contribution in [-0.4, -0.2) is 22.9 Å². The molecule has 0 aliphatic carbocycles. The fourth-order valence-electron chi connectivity index (χ4n) is 3.09. The summed E-state index contributed by atoms with van der Waals surface area (Å²) in [5.41, 5.74) is 1.72. The molecule has 1 heterocycles. The minimum atomic E-state index is -4.38. The molecule has 0 unspecified atom stereocenters. The van der Waals surface area contributed by atoms with Crippen molar-refractivity contribution < 1.29 is 32.2 Å². The summed E-state index contributed by atoms with van der Waals surface area (Å²) in [7, 11) is 0. The lowest BCUT2D eigenvalue weighted by atomic mass is 10.1. The summed E-state index contributed by atoms with van der Waals surface area (Å²) in [6, 6.07) is 12.4. The molecule has 0 radical (unpaired) electrons. The Balaban J connectivity index is 1.78. The standard InChI is InChI=1S/C25H25F3O4S2/c1-15(2)33-14-23-18(11-22(32-23)17-4-6-19(7-5-17)25(26,27)28)13-34-20-8-9-21(16(3)10-20)31-12-24(29)30/h4-11,15H,12-14H2,1-3H3,(H,29,30). The van der Waals surface area contributed by atoms with Crippen molar-refractivity contribution in [1.29, 1.82) is 0 Å². The second kappa shape index (κ2) is 11.3. The lowest BCUT2D eigenvalue weighted by Crippen LogP contribution is -2.09. The van der Waals surface area contributed by atoms with E-state index in [1.165, 1.54) is 12.1 Å². The van der Waals surface area contributed by atoms with Crippen molar-refractivity contribution in [2.75, 3.05) is 6.61 Å². The van der Waals surface area contributed by atoms with Crippen LogP contribution >= 0.6 is 23.5 Å². The van der Waals surface area contributed by atoms with Gasteiger partial charge >= 0.3 is 12.1 Å². The molecule has 2 aromatic carbocycles. The van der Waals surface area contributed by atoms with E-state index in [0.717, 1.165) is 33.9 Å². The molecule has 0 aliphatic heterocycles. The minimum Gasteiger partial charge on any atom is -0.482 e. The zero-order valence-electron chi connectivity index (χ0n) is 18.9. The Bertz CT molecular complexity index is 1120. The number of rotatable bonds is 10. The molecule has 1 aromatic heterocycles. The number of thioether (sulfide) groups is 2. The highest BCUT2D eigenvalue weighted by molar-refractivity contribution is 7.99. The molecule has 0 aliphatic rings. The van der Waals surface area contributed by atoms with E-state index >= 15 is 0 Å². The molecular weight excluding hydrogens is 485 g/mol. The van der Waals surface area contributed by atoms with E-state index in [2.05, 4.69) is 13.8 Å². The number of carboxylic acid groups (broad SMARTS) is 1. The van der Waals surface area contributed by atoms with Gasteiger partial charge in [0.25, 0.3) is 0 Å². The normalized spacial score (nSPS) is 11.7. The smallest absolute Gasteiger partial charge is 0.416 e. The molecule has 1 N–H and O–H groups in total. The number of halogens is 3.